The van der Waals surface area contributed by atoms with Crippen molar-refractivity contribution >= 4 is 6.09 Å². The molecule has 1 aromatic rings. The van der Waals surface area contributed by atoms with Gasteiger partial charge in [-0.15, -0.1) is 0 Å². The molecule has 0 radical (unpaired) electrons. The van der Waals surface area contributed by atoms with Gasteiger partial charge in [-0.25, -0.2) is 4.79 Å². The molecule has 1 aliphatic rings. The highest BCUT2D eigenvalue weighted by Gasteiger charge is 2.33. The molecule has 0 aromatic heterocycles. The number of benzene rings is 1. The van der Waals surface area contributed by atoms with E-state index in [0.29, 0.717) is 11.8 Å². The first-order valence-electron chi connectivity index (χ1n) is 8.60. The molecule has 0 saturated heterocycles. The Morgan fingerprint density at radius 1 is 1.22 bits per heavy atom. The first kappa shape index (κ1) is 17.8. The van der Waals surface area contributed by atoms with Gasteiger partial charge >= 0.3 is 6.09 Å². The van der Waals surface area contributed by atoms with E-state index in [1.807, 2.05) is 26.8 Å². The predicted octanol–water partition coefficient (Wildman–Crippen LogP) is 3.68. The second-order valence-electron chi connectivity index (χ2n) is 7.56. The maximum atomic E-state index is 12.0. The summed E-state index contributed by atoms with van der Waals surface area (Å²) in [5.41, 5.74) is 0.885. The lowest BCUT2D eigenvalue weighted by Crippen LogP contribution is -2.46. The molecule has 1 amide bonds. The summed E-state index contributed by atoms with van der Waals surface area (Å²) in [5, 5.41) is 6.53. The molecule has 4 heteroatoms. The van der Waals surface area contributed by atoms with Crippen molar-refractivity contribution in [1.29, 1.82) is 0 Å². The highest BCUT2D eigenvalue weighted by Crippen LogP contribution is 2.32. The zero-order valence-corrected chi connectivity index (χ0v) is 14.8. The summed E-state index contributed by atoms with van der Waals surface area (Å²) in [5.74, 6) is 1.04. The normalized spacial score (nSPS) is 17.4. The molecular formula is C19H30N2O2. The number of rotatable bonds is 7. The van der Waals surface area contributed by atoms with Crippen molar-refractivity contribution in [2.45, 2.75) is 58.1 Å². The van der Waals surface area contributed by atoms with Crippen LogP contribution in [-0.4, -0.2) is 30.8 Å². The number of alkyl carbamates (subject to hydrolysis) is 1. The average molecular weight is 318 g/mol. The predicted molar refractivity (Wildman–Crippen MR) is 93.6 cm³/mol. The first-order valence-corrected chi connectivity index (χ1v) is 8.60. The summed E-state index contributed by atoms with van der Waals surface area (Å²) in [6.07, 6.45) is 2.07. The summed E-state index contributed by atoms with van der Waals surface area (Å²) < 4.78 is 5.37. The van der Waals surface area contributed by atoms with Gasteiger partial charge in [0.15, 0.2) is 0 Å². The van der Waals surface area contributed by atoms with E-state index in [4.69, 9.17) is 4.74 Å². The number of carbonyl (C=O) groups is 1. The molecule has 2 atom stereocenters. The van der Waals surface area contributed by atoms with Gasteiger partial charge in [-0.05, 0) is 51.0 Å². The van der Waals surface area contributed by atoms with Crippen molar-refractivity contribution in [2.75, 3.05) is 13.1 Å². The minimum atomic E-state index is -0.451. The third-order valence-corrected chi connectivity index (χ3v) is 4.08. The van der Waals surface area contributed by atoms with Gasteiger partial charge in [-0.2, -0.15) is 0 Å². The second-order valence-corrected chi connectivity index (χ2v) is 7.56. The van der Waals surface area contributed by atoms with Crippen molar-refractivity contribution < 1.29 is 9.53 Å². The highest BCUT2D eigenvalue weighted by molar-refractivity contribution is 5.68. The van der Waals surface area contributed by atoms with Crippen molar-refractivity contribution in [3.8, 4) is 0 Å². The Bertz CT molecular complexity index is 492. The van der Waals surface area contributed by atoms with E-state index in [1.54, 1.807) is 0 Å². The fourth-order valence-electron chi connectivity index (χ4n) is 2.65. The van der Waals surface area contributed by atoms with Crippen LogP contribution in [-0.2, 0) is 4.74 Å². The Hall–Kier alpha value is -1.55. The fourth-order valence-corrected chi connectivity index (χ4v) is 2.65. The van der Waals surface area contributed by atoms with Gasteiger partial charge in [0.1, 0.15) is 5.60 Å². The average Bonchev–Trinajstić information content (AvgIpc) is 3.29. The van der Waals surface area contributed by atoms with Gasteiger partial charge in [0, 0.05) is 19.1 Å². The molecule has 0 bridgehead atoms. The van der Waals surface area contributed by atoms with Gasteiger partial charge in [0.25, 0.3) is 0 Å². The van der Waals surface area contributed by atoms with Crippen molar-refractivity contribution in [1.82, 2.24) is 10.6 Å². The molecule has 0 aliphatic heterocycles. The zero-order chi connectivity index (χ0) is 16.9. The number of hydrogen-bond donors (Lipinski definition) is 2. The minimum Gasteiger partial charge on any atom is -0.444 e. The summed E-state index contributed by atoms with van der Waals surface area (Å²) in [6, 6.07) is 10.7. The van der Waals surface area contributed by atoms with Crippen LogP contribution in [0.1, 0.15) is 52.0 Å². The van der Waals surface area contributed by atoms with E-state index in [-0.39, 0.29) is 12.1 Å². The van der Waals surface area contributed by atoms with Gasteiger partial charge < -0.3 is 15.4 Å². The summed E-state index contributed by atoms with van der Waals surface area (Å²) in [7, 11) is 0. The summed E-state index contributed by atoms with van der Waals surface area (Å²) >= 11 is 0. The van der Waals surface area contributed by atoms with Gasteiger partial charge in [-0.3, -0.25) is 0 Å². The van der Waals surface area contributed by atoms with E-state index in [9.17, 15) is 4.79 Å². The minimum absolute atomic E-state index is 0.160. The Labute approximate surface area is 140 Å². The Balaban J connectivity index is 1.76. The highest BCUT2D eigenvalue weighted by atomic mass is 16.6. The molecule has 1 aromatic carbocycles. The van der Waals surface area contributed by atoms with Crippen LogP contribution in [0, 0.1) is 5.92 Å². The molecule has 128 valence electrons. The largest absolute Gasteiger partial charge is 0.444 e. The van der Waals surface area contributed by atoms with Crippen molar-refractivity contribution in [2.24, 2.45) is 5.92 Å². The fraction of sp³-hybridized carbons (Fsp3) is 0.632. The molecular weight excluding hydrogens is 288 g/mol. The molecule has 2 N–H and O–H groups in total. The molecule has 2 rings (SSSR count). The third kappa shape index (κ3) is 6.61. The number of amides is 1. The van der Waals surface area contributed by atoms with Crippen LogP contribution in [0.5, 0.6) is 0 Å². The topological polar surface area (TPSA) is 50.4 Å². The SMILES string of the molecule is CC(CNCC(NC(=O)OC(C)(C)C)C1CC1)c1ccccc1. The lowest BCUT2D eigenvalue weighted by Gasteiger charge is -2.24. The van der Waals surface area contributed by atoms with Gasteiger partial charge in [-0.1, -0.05) is 37.3 Å². The molecule has 1 fully saturated rings. The van der Waals surface area contributed by atoms with E-state index in [2.05, 4.69) is 41.8 Å². The maximum absolute atomic E-state index is 12.0. The molecule has 4 nitrogen and oxygen atoms in total. The van der Waals surface area contributed by atoms with E-state index < -0.39 is 5.60 Å². The van der Waals surface area contributed by atoms with Crippen LogP contribution < -0.4 is 10.6 Å². The van der Waals surface area contributed by atoms with Crippen LogP contribution >= 0.6 is 0 Å². The third-order valence-electron chi connectivity index (χ3n) is 4.08. The standard InChI is InChI=1S/C19H30N2O2/c1-14(15-8-6-5-7-9-15)12-20-13-17(16-10-11-16)21-18(22)23-19(2,3)4/h5-9,14,16-17,20H,10-13H2,1-4H3,(H,21,22). The van der Waals surface area contributed by atoms with Crippen LogP contribution in [0.3, 0.4) is 0 Å². The number of carbonyl (C=O) groups excluding carboxylic acids is 1. The van der Waals surface area contributed by atoms with Crippen LogP contribution in [0.4, 0.5) is 4.79 Å². The second kappa shape index (κ2) is 7.82. The van der Waals surface area contributed by atoms with Crippen molar-refractivity contribution in [3.63, 3.8) is 0 Å². The van der Waals surface area contributed by atoms with Crippen LogP contribution in [0.15, 0.2) is 30.3 Å². The van der Waals surface area contributed by atoms with Gasteiger partial charge in [0.05, 0.1) is 0 Å². The van der Waals surface area contributed by atoms with Crippen LogP contribution in [0.25, 0.3) is 0 Å². The lowest BCUT2D eigenvalue weighted by atomic mass is 10.0. The van der Waals surface area contributed by atoms with E-state index >= 15 is 0 Å². The van der Waals surface area contributed by atoms with Gasteiger partial charge in [0.2, 0.25) is 0 Å². The Morgan fingerprint density at radius 2 is 1.87 bits per heavy atom. The summed E-state index contributed by atoms with van der Waals surface area (Å²) in [6.45, 7) is 9.58. The number of hydrogen-bond acceptors (Lipinski definition) is 3. The summed E-state index contributed by atoms with van der Waals surface area (Å²) in [4.78, 5) is 12.0. The Morgan fingerprint density at radius 3 is 2.43 bits per heavy atom. The molecule has 23 heavy (non-hydrogen) atoms. The van der Waals surface area contributed by atoms with E-state index in [0.717, 1.165) is 13.1 Å². The molecule has 1 aliphatic carbocycles. The molecule has 0 heterocycles. The van der Waals surface area contributed by atoms with Crippen molar-refractivity contribution in [3.05, 3.63) is 35.9 Å². The molecule has 0 spiro atoms. The lowest BCUT2D eigenvalue weighted by molar-refractivity contribution is 0.0497. The number of nitrogens with one attached hydrogen (secondary N) is 2. The number of ether oxygens (including phenoxy) is 1. The monoisotopic (exact) mass is 318 g/mol. The maximum Gasteiger partial charge on any atom is 0.407 e. The van der Waals surface area contributed by atoms with Crippen LogP contribution in [0.2, 0.25) is 0 Å². The molecule has 2 unspecified atom stereocenters. The van der Waals surface area contributed by atoms with E-state index in [1.165, 1.54) is 18.4 Å². The Kier molecular flexibility index (Phi) is 6.05. The molecule has 1 saturated carbocycles. The smallest absolute Gasteiger partial charge is 0.407 e. The zero-order valence-electron chi connectivity index (χ0n) is 14.8. The quantitative estimate of drug-likeness (QED) is 0.806. The first-order chi connectivity index (χ1) is 10.8.